The summed E-state index contributed by atoms with van der Waals surface area (Å²) in [6.45, 7) is 18.5. The lowest BCUT2D eigenvalue weighted by atomic mass is 10.1. The Morgan fingerprint density at radius 3 is 1.09 bits per heavy atom. The number of hydrogen-bond acceptors (Lipinski definition) is 4. The average molecular weight is 340 g/mol. The SMILES string of the molecule is CC.CCC(C)COC.CCC(C)N.COC.COCC(C)C. The molecule has 0 fully saturated rings. The van der Waals surface area contributed by atoms with Gasteiger partial charge in [0.1, 0.15) is 0 Å². The quantitative estimate of drug-likeness (QED) is 0.740. The van der Waals surface area contributed by atoms with Crippen LogP contribution in [0.3, 0.4) is 0 Å². The van der Waals surface area contributed by atoms with Gasteiger partial charge in [0.05, 0.1) is 0 Å². The second kappa shape index (κ2) is 37.8. The van der Waals surface area contributed by atoms with Gasteiger partial charge in [0.2, 0.25) is 0 Å². The van der Waals surface area contributed by atoms with Gasteiger partial charge in [-0.05, 0) is 25.2 Å². The molecule has 0 radical (unpaired) electrons. The van der Waals surface area contributed by atoms with Crippen molar-refractivity contribution in [2.75, 3.05) is 41.7 Å². The van der Waals surface area contributed by atoms with E-state index < -0.39 is 0 Å². The molecule has 0 aliphatic carbocycles. The van der Waals surface area contributed by atoms with E-state index in [1.807, 2.05) is 20.8 Å². The Hall–Kier alpha value is -0.160. The largest absolute Gasteiger partial charge is 0.388 e. The summed E-state index contributed by atoms with van der Waals surface area (Å²) in [6, 6.07) is 0.384. The van der Waals surface area contributed by atoms with Crippen molar-refractivity contribution in [2.24, 2.45) is 17.6 Å². The molecule has 23 heavy (non-hydrogen) atoms. The summed E-state index contributed by atoms with van der Waals surface area (Å²) < 4.78 is 13.9. The second-order valence-corrected chi connectivity index (χ2v) is 5.61. The van der Waals surface area contributed by atoms with Gasteiger partial charge >= 0.3 is 0 Å². The van der Waals surface area contributed by atoms with Crippen molar-refractivity contribution >= 4 is 0 Å². The number of nitrogens with two attached hydrogens (primary N) is 1. The maximum atomic E-state index is 5.29. The maximum Gasteiger partial charge on any atom is 0.0487 e. The Kier molecular flexibility index (Phi) is 56.3. The molecule has 4 nitrogen and oxygen atoms in total. The second-order valence-electron chi connectivity index (χ2n) is 5.61. The fourth-order valence-electron chi connectivity index (χ4n) is 0.736. The van der Waals surface area contributed by atoms with E-state index in [0.717, 1.165) is 25.6 Å². The first-order chi connectivity index (χ1) is 10.8. The molecular formula is C19H49NO3. The first-order valence-corrected chi connectivity index (χ1v) is 8.90. The molecule has 2 N–H and O–H groups in total. The Morgan fingerprint density at radius 1 is 0.739 bits per heavy atom. The molecule has 4 heteroatoms. The van der Waals surface area contributed by atoms with Gasteiger partial charge in [0.25, 0.3) is 0 Å². The summed E-state index contributed by atoms with van der Waals surface area (Å²) >= 11 is 0. The van der Waals surface area contributed by atoms with E-state index in [-0.39, 0.29) is 0 Å². The zero-order chi connectivity index (χ0) is 19.7. The molecule has 0 bridgehead atoms. The molecule has 0 aromatic rings. The minimum absolute atomic E-state index is 0.384. The van der Waals surface area contributed by atoms with Gasteiger partial charge in [-0.3, -0.25) is 0 Å². The zero-order valence-electron chi connectivity index (χ0n) is 18.4. The van der Waals surface area contributed by atoms with Crippen LogP contribution in [-0.4, -0.2) is 47.7 Å². The van der Waals surface area contributed by atoms with Gasteiger partial charge in [0, 0.05) is 47.7 Å². The standard InChI is InChI=1S/C6H14O.C5H12O.C4H11N.C2H6O.C2H6/c1-4-6(2)5-7-3;1-5(2)4-6-3;1-3-4(2)5;1-3-2;1-2/h6H,4-5H2,1-3H3;5H,4H2,1-3H3;4H,3,5H2,1-2H3;1-2H3;1-2H3. The Balaban J connectivity index is -0.0000000623. The van der Waals surface area contributed by atoms with E-state index in [1.165, 1.54) is 6.42 Å². The average Bonchev–Trinajstić information content (AvgIpc) is 2.51. The molecule has 0 aromatic heterocycles. The van der Waals surface area contributed by atoms with E-state index in [9.17, 15) is 0 Å². The fraction of sp³-hybridized carbons (Fsp3) is 1.00. The van der Waals surface area contributed by atoms with Crippen molar-refractivity contribution in [1.29, 1.82) is 0 Å². The summed E-state index contributed by atoms with van der Waals surface area (Å²) in [5, 5.41) is 0. The minimum Gasteiger partial charge on any atom is -0.388 e. The normalized spacial score (nSPS) is 11.2. The van der Waals surface area contributed by atoms with Crippen LogP contribution in [0.2, 0.25) is 0 Å². The number of hydrogen-bond donors (Lipinski definition) is 1. The first kappa shape index (κ1) is 34.2. The molecule has 0 aliphatic heterocycles. The Morgan fingerprint density at radius 2 is 1.04 bits per heavy atom. The molecule has 0 aromatic carbocycles. The molecule has 0 saturated heterocycles. The van der Waals surface area contributed by atoms with Gasteiger partial charge in [-0.2, -0.15) is 0 Å². The first-order valence-electron chi connectivity index (χ1n) is 8.90. The number of methoxy groups -OCH3 is 3. The highest BCUT2D eigenvalue weighted by Gasteiger charge is 1.93. The summed E-state index contributed by atoms with van der Waals surface area (Å²) in [4.78, 5) is 0. The molecule has 148 valence electrons. The predicted octanol–water partition coefficient (Wildman–Crippen LogP) is 5.00. The third-order valence-electron chi connectivity index (χ3n) is 2.29. The van der Waals surface area contributed by atoms with Crippen LogP contribution in [0, 0.1) is 11.8 Å². The minimum atomic E-state index is 0.384. The topological polar surface area (TPSA) is 53.7 Å². The molecule has 2 atom stereocenters. The van der Waals surface area contributed by atoms with Crippen LogP contribution in [0.4, 0.5) is 0 Å². The summed E-state index contributed by atoms with van der Waals surface area (Å²) in [5.41, 5.74) is 5.29. The highest BCUT2D eigenvalue weighted by molar-refractivity contribution is 4.43. The lowest BCUT2D eigenvalue weighted by molar-refractivity contribution is 0.158. The molecule has 2 unspecified atom stereocenters. The van der Waals surface area contributed by atoms with Crippen molar-refractivity contribution in [3.05, 3.63) is 0 Å². The van der Waals surface area contributed by atoms with Crippen molar-refractivity contribution in [1.82, 2.24) is 0 Å². The molecule has 0 spiro atoms. The predicted molar refractivity (Wildman–Crippen MR) is 106 cm³/mol. The Bertz CT molecular complexity index is 143. The van der Waals surface area contributed by atoms with E-state index in [2.05, 4.69) is 39.4 Å². The van der Waals surface area contributed by atoms with E-state index in [4.69, 9.17) is 15.2 Å². The highest BCUT2D eigenvalue weighted by Crippen LogP contribution is 1.98. The summed E-state index contributed by atoms with van der Waals surface area (Å²) in [7, 11) is 6.71. The van der Waals surface area contributed by atoms with E-state index in [0.29, 0.717) is 12.0 Å². The van der Waals surface area contributed by atoms with Crippen LogP contribution < -0.4 is 5.73 Å². The third kappa shape index (κ3) is 88.8. The van der Waals surface area contributed by atoms with Crippen LogP contribution >= 0.6 is 0 Å². The monoisotopic (exact) mass is 339 g/mol. The molecule has 0 saturated carbocycles. The molecule has 0 heterocycles. The lowest BCUT2D eigenvalue weighted by Crippen LogP contribution is -2.11. The molecule has 0 amide bonds. The van der Waals surface area contributed by atoms with Gasteiger partial charge in [0.15, 0.2) is 0 Å². The number of ether oxygens (including phenoxy) is 3. The fourth-order valence-corrected chi connectivity index (χ4v) is 0.736. The van der Waals surface area contributed by atoms with Gasteiger partial charge < -0.3 is 19.9 Å². The smallest absolute Gasteiger partial charge is 0.0487 e. The van der Waals surface area contributed by atoms with Crippen molar-refractivity contribution in [2.45, 2.75) is 74.3 Å². The van der Waals surface area contributed by atoms with Crippen LogP contribution in [0.25, 0.3) is 0 Å². The summed E-state index contributed by atoms with van der Waals surface area (Å²) in [6.07, 6.45) is 2.30. The van der Waals surface area contributed by atoms with Crippen LogP contribution in [0.5, 0.6) is 0 Å². The molecular weight excluding hydrogens is 290 g/mol. The summed E-state index contributed by atoms with van der Waals surface area (Å²) in [5.74, 6) is 1.40. The third-order valence-corrected chi connectivity index (χ3v) is 2.29. The maximum absolute atomic E-state index is 5.29. The van der Waals surface area contributed by atoms with Crippen molar-refractivity contribution in [3.63, 3.8) is 0 Å². The van der Waals surface area contributed by atoms with E-state index in [1.54, 1.807) is 28.4 Å². The van der Waals surface area contributed by atoms with Crippen LogP contribution in [0.1, 0.15) is 68.2 Å². The Labute approximate surface area is 148 Å². The van der Waals surface area contributed by atoms with Crippen molar-refractivity contribution < 1.29 is 14.2 Å². The van der Waals surface area contributed by atoms with Gasteiger partial charge in [-0.1, -0.05) is 54.9 Å². The van der Waals surface area contributed by atoms with Crippen LogP contribution in [-0.2, 0) is 14.2 Å². The van der Waals surface area contributed by atoms with Crippen LogP contribution in [0.15, 0.2) is 0 Å². The molecule has 0 rings (SSSR count). The molecule has 0 aliphatic rings. The number of rotatable bonds is 6. The van der Waals surface area contributed by atoms with Gasteiger partial charge in [-0.15, -0.1) is 0 Å². The lowest BCUT2D eigenvalue weighted by Gasteiger charge is -2.03. The van der Waals surface area contributed by atoms with Gasteiger partial charge in [-0.25, -0.2) is 0 Å². The van der Waals surface area contributed by atoms with E-state index >= 15 is 0 Å². The highest BCUT2D eigenvalue weighted by atomic mass is 16.5. The zero-order valence-corrected chi connectivity index (χ0v) is 18.4. The van der Waals surface area contributed by atoms with Crippen molar-refractivity contribution in [3.8, 4) is 0 Å².